The van der Waals surface area contributed by atoms with Crippen LogP contribution in [0.15, 0.2) is 42.7 Å². The van der Waals surface area contributed by atoms with E-state index in [4.69, 9.17) is 15.2 Å². The van der Waals surface area contributed by atoms with E-state index in [1.54, 1.807) is 28.1 Å². The largest absolute Gasteiger partial charge is 0.452 e. The standard InChI is InChI=1S/C23H30N6O4/c1-15-14-28(22(30)33-19-4-3-7-25-13-19)21-8-16(5-6-20(21)29(15)23(31)32-2)17(9-24)10-27-18-11-26-12-18/h3-8,13,15,17-18,26-27H,9-12,14,24H2,1-2H3/t15-,17?/m0/s1. The second kappa shape index (κ2) is 10.2. The highest BCUT2D eigenvalue weighted by molar-refractivity contribution is 6.01. The summed E-state index contributed by atoms with van der Waals surface area (Å²) in [5.74, 6) is 0.402. The molecule has 0 spiro atoms. The molecule has 1 unspecified atom stereocenters. The van der Waals surface area contributed by atoms with Gasteiger partial charge < -0.3 is 25.8 Å². The van der Waals surface area contributed by atoms with Gasteiger partial charge in [0.1, 0.15) is 0 Å². The lowest BCUT2D eigenvalue weighted by molar-refractivity contribution is 0.175. The fourth-order valence-corrected chi connectivity index (χ4v) is 4.09. The van der Waals surface area contributed by atoms with Gasteiger partial charge in [0, 0.05) is 44.3 Å². The molecule has 2 amide bonds. The van der Waals surface area contributed by atoms with Crippen molar-refractivity contribution in [3.63, 3.8) is 0 Å². The fourth-order valence-electron chi connectivity index (χ4n) is 4.09. The monoisotopic (exact) mass is 454 g/mol. The van der Waals surface area contributed by atoms with Crippen LogP contribution in [-0.4, -0.2) is 69.1 Å². The second-order valence-electron chi connectivity index (χ2n) is 8.30. The Hall–Kier alpha value is -3.21. The molecule has 0 saturated carbocycles. The van der Waals surface area contributed by atoms with Crippen molar-refractivity contribution in [3.8, 4) is 5.75 Å². The van der Waals surface area contributed by atoms with Crippen LogP contribution in [0.1, 0.15) is 18.4 Å². The summed E-state index contributed by atoms with van der Waals surface area (Å²) in [6, 6.07) is 9.21. The minimum Gasteiger partial charge on any atom is -0.452 e. The average molecular weight is 455 g/mol. The predicted molar refractivity (Wildman–Crippen MR) is 125 cm³/mol. The van der Waals surface area contributed by atoms with Crippen LogP contribution in [0.3, 0.4) is 0 Å². The Kier molecular flexibility index (Phi) is 7.07. The summed E-state index contributed by atoms with van der Waals surface area (Å²) in [5, 5.41) is 6.76. The first-order valence-corrected chi connectivity index (χ1v) is 11.1. The van der Waals surface area contributed by atoms with E-state index in [9.17, 15) is 9.59 Å². The fraction of sp³-hybridized carbons (Fsp3) is 0.435. The number of aromatic nitrogens is 1. The van der Waals surface area contributed by atoms with Crippen molar-refractivity contribution in [2.75, 3.05) is 49.6 Å². The highest BCUT2D eigenvalue weighted by atomic mass is 16.6. The van der Waals surface area contributed by atoms with Gasteiger partial charge in [-0.25, -0.2) is 9.59 Å². The van der Waals surface area contributed by atoms with Crippen molar-refractivity contribution < 1.29 is 19.1 Å². The van der Waals surface area contributed by atoms with Gasteiger partial charge in [-0.05, 0) is 36.8 Å². The molecule has 2 atom stereocenters. The molecular weight excluding hydrogens is 424 g/mol. The number of nitrogens with one attached hydrogen (secondary N) is 2. The zero-order valence-electron chi connectivity index (χ0n) is 18.9. The number of rotatable bonds is 6. The first kappa shape index (κ1) is 23.0. The van der Waals surface area contributed by atoms with Crippen LogP contribution < -0.4 is 30.9 Å². The zero-order valence-corrected chi connectivity index (χ0v) is 18.9. The van der Waals surface area contributed by atoms with E-state index in [1.807, 2.05) is 25.1 Å². The Morgan fingerprint density at radius 1 is 1.27 bits per heavy atom. The van der Waals surface area contributed by atoms with Crippen LogP contribution in [0.4, 0.5) is 21.0 Å². The lowest BCUT2D eigenvalue weighted by Crippen LogP contribution is -2.56. The molecule has 4 N–H and O–H groups in total. The Bertz CT molecular complexity index is 984. The van der Waals surface area contributed by atoms with Crippen molar-refractivity contribution in [2.24, 2.45) is 5.73 Å². The van der Waals surface area contributed by atoms with E-state index < -0.39 is 12.2 Å². The number of nitrogens with two attached hydrogens (primary N) is 1. The molecule has 1 aromatic heterocycles. The number of methoxy groups -OCH3 is 1. The minimum absolute atomic E-state index is 0.0537. The predicted octanol–water partition coefficient (Wildman–Crippen LogP) is 1.67. The Morgan fingerprint density at radius 3 is 2.73 bits per heavy atom. The molecule has 0 aliphatic carbocycles. The summed E-state index contributed by atoms with van der Waals surface area (Å²) in [4.78, 5) is 32.8. The molecule has 2 aromatic rings. The lowest BCUT2D eigenvalue weighted by atomic mass is 9.95. The summed E-state index contributed by atoms with van der Waals surface area (Å²) < 4.78 is 10.6. The summed E-state index contributed by atoms with van der Waals surface area (Å²) in [6.45, 7) is 5.17. The SMILES string of the molecule is COC(=O)N1c2ccc(C(CN)CNC3CNC3)cc2N(C(=O)Oc2cccnc2)C[C@@H]1C. The molecule has 0 radical (unpaired) electrons. The van der Waals surface area contributed by atoms with Crippen LogP contribution in [0.2, 0.25) is 0 Å². The normalized spacial score (nSPS) is 18.8. The third-order valence-corrected chi connectivity index (χ3v) is 6.06. The van der Waals surface area contributed by atoms with E-state index in [-0.39, 0.29) is 18.5 Å². The molecule has 33 heavy (non-hydrogen) atoms. The maximum absolute atomic E-state index is 13.1. The van der Waals surface area contributed by atoms with Crippen molar-refractivity contribution in [3.05, 3.63) is 48.3 Å². The van der Waals surface area contributed by atoms with Gasteiger partial charge in [0.2, 0.25) is 0 Å². The third kappa shape index (κ3) is 4.92. The van der Waals surface area contributed by atoms with E-state index in [0.29, 0.717) is 29.7 Å². The molecule has 10 heteroatoms. The number of amides is 2. The second-order valence-corrected chi connectivity index (χ2v) is 8.30. The zero-order chi connectivity index (χ0) is 23.4. The number of nitrogens with zero attached hydrogens (tertiary/aromatic N) is 3. The van der Waals surface area contributed by atoms with Gasteiger partial charge in [0.15, 0.2) is 5.75 Å². The van der Waals surface area contributed by atoms with Crippen molar-refractivity contribution in [2.45, 2.75) is 24.9 Å². The first-order chi connectivity index (χ1) is 16.0. The van der Waals surface area contributed by atoms with Crippen LogP contribution in [0.5, 0.6) is 5.75 Å². The third-order valence-electron chi connectivity index (χ3n) is 6.06. The molecule has 10 nitrogen and oxygen atoms in total. The Morgan fingerprint density at radius 2 is 2.09 bits per heavy atom. The highest BCUT2D eigenvalue weighted by Crippen LogP contribution is 2.38. The molecule has 176 valence electrons. The number of pyridine rings is 1. The summed E-state index contributed by atoms with van der Waals surface area (Å²) in [5.41, 5.74) is 8.23. The molecule has 1 aromatic carbocycles. The number of carbonyl (C=O) groups excluding carboxylic acids is 2. The lowest BCUT2D eigenvalue weighted by Gasteiger charge is -2.40. The maximum Gasteiger partial charge on any atom is 0.419 e. The smallest absolute Gasteiger partial charge is 0.419 e. The summed E-state index contributed by atoms with van der Waals surface area (Å²) >= 11 is 0. The average Bonchev–Trinajstić information content (AvgIpc) is 2.80. The molecule has 2 aliphatic rings. The highest BCUT2D eigenvalue weighted by Gasteiger charge is 2.37. The topological polar surface area (TPSA) is 122 Å². The van der Waals surface area contributed by atoms with Gasteiger partial charge >= 0.3 is 12.2 Å². The molecule has 1 saturated heterocycles. The van der Waals surface area contributed by atoms with Crippen LogP contribution in [0.25, 0.3) is 0 Å². The van der Waals surface area contributed by atoms with Gasteiger partial charge in [-0.1, -0.05) is 6.07 Å². The van der Waals surface area contributed by atoms with Gasteiger partial charge in [-0.2, -0.15) is 0 Å². The number of hydrogen-bond acceptors (Lipinski definition) is 8. The minimum atomic E-state index is -0.541. The number of hydrogen-bond donors (Lipinski definition) is 3. The van der Waals surface area contributed by atoms with Crippen LogP contribution in [0, 0.1) is 0 Å². The number of benzene rings is 1. The van der Waals surface area contributed by atoms with Gasteiger partial charge in [0.25, 0.3) is 0 Å². The van der Waals surface area contributed by atoms with E-state index in [2.05, 4.69) is 15.6 Å². The molecular formula is C23H30N6O4. The number of anilines is 2. The molecule has 2 aliphatic heterocycles. The number of fused-ring (bicyclic) bond motifs is 1. The molecule has 1 fully saturated rings. The summed E-state index contributed by atoms with van der Waals surface area (Å²) in [7, 11) is 1.34. The van der Waals surface area contributed by atoms with E-state index in [0.717, 1.165) is 25.2 Å². The van der Waals surface area contributed by atoms with Crippen molar-refractivity contribution >= 4 is 23.6 Å². The van der Waals surface area contributed by atoms with E-state index in [1.165, 1.54) is 13.3 Å². The van der Waals surface area contributed by atoms with Crippen LogP contribution >= 0.6 is 0 Å². The molecule has 4 rings (SSSR count). The van der Waals surface area contributed by atoms with E-state index >= 15 is 0 Å². The van der Waals surface area contributed by atoms with Crippen molar-refractivity contribution in [1.29, 1.82) is 0 Å². The van der Waals surface area contributed by atoms with Gasteiger partial charge in [-0.15, -0.1) is 0 Å². The summed E-state index contributed by atoms with van der Waals surface area (Å²) in [6.07, 6.45) is 2.07. The number of ether oxygens (including phenoxy) is 2. The van der Waals surface area contributed by atoms with Gasteiger partial charge in [0.05, 0.1) is 37.3 Å². The van der Waals surface area contributed by atoms with Crippen LogP contribution in [-0.2, 0) is 4.74 Å². The van der Waals surface area contributed by atoms with Crippen molar-refractivity contribution in [1.82, 2.24) is 15.6 Å². The quantitative estimate of drug-likeness (QED) is 0.603. The Labute approximate surface area is 193 Å². The number of carbonyl (C=O) groups is 2. The maximum atomic E-state index is 13.1. The first-order valence-electron chi connectivity index (χ1n) is 11.1. The molecule has 3 heterocycles. The molecule has 0 bridgehead atoms. The van der Waals surface area contributed by atoms with Gasteiger partial charge in [-0.3, -0.25) is 14.8 Å². The Balaban J connectivity index is 1.65.